The number of aliphatic hydroxyl groups is 1. The molecular formula is C19H16NO3. The second-order valence-corrected chi connectivity index (χ2v) is 4.39. The van der Waals surface area contributed by atoms with E-state index in [4.69, 9.17) is 15.1 Å². The van der Waals surface area contributed by atoms with Gasteiger partial charge in [0.25, 0.3) is 0 Å². The van der Waals surface area contributed by atoms with E-state index in [0.717, 1.165) is 6.08 Å². The molecule has 0 aromatic heterocycles. The number of nitriles is 1. The van der Waals surface area contributed by atoms with Crippen LogP contribution in [0.25, 0.3) is 0 Å². The largest absolute Gasteiger partial charge is 0.513 e. The molecule has 0 aliphatic heterocycles. The summed E-state index contributed by atoms with van der Waals surface area (Å²) in [6.07, 6.45) is 1.27. The Bertz CT molecular complexity index is 688. The van der Waals surface area contributed by atoms with Gasteiger partial charge < -0.3 is 9.84 Å². The van der Waals surface area contributed by atoms with Crippen molar-refractivity contribution >= 4 is 5.97 Å². The van der Waals surface area contributed by atoms with Crippen molar-refractivity contribution in [2.75, 3.05) is 0 Å². The lowest BCUT2D eigenvalue weighted by Crippen LogP contribution is -2.05. The topological polar surface area (TPSA) is 70.3 Å². The number of rotatable bonds is 4. The van der Waals surface area contributed by atoms with Crippen LogP contribution in [0.4, 0.5) is 0 Å². The molecule has 115 valence electrons. The minimum atomic E-state index is -0.624. The zero-order valence-corrected chi connectivity index (χ0v) is 12.5. The van der Waals surface area contributed by atoms with Crippen LogP contribution in [0.5, 0.6) is 5.75 Å². The molecule has 0 bridgehead atoms. The Morgan fingerprint density at radius 1 is 1.35 bits per heavy atom. The predicted octanol–water partition coefficient (Wildman–Crippen LogP) is 3.75. The van der Waals surface area contributed by atoms with Crippen LogP contribution in [-0.4, -0.2) is 11.1 Å². The molecular weight excluding hydrogens is 290 g/mol. The number of nitrogens with zero attached hydrogens (tertiary/aromatic N) is 1. The van der Waals surface area contributed by atoms with Gasteiger partial charge in [-0.05, 0) is 23.8 Å². The Kier molecular flexibility index (Phi) is 7.39. The fourth-order valence-corrected chi connectivity index (χ4v) is 1.59. The first kappa shape index (κ1) is 17.7. The summed E-state index contributed by atoms with van der Waals surface area (Å²) >= 11 is 0. The minimum absolute atomic E-state index is 0.00438. The molecule has 1 radical (unpaired) electrons. The number of ether oxygens (including phenoxy) is 1. The fraction of sp³-hybridized carbons (Fsp3) is 0.0526. The summed E-state index contributed by atoms with van der Waals surface area (Å²) in [5.41, 5.74) is 0.936. The maximum absolute atomic E-state index is 11.0. The van der Waals surface area contributed by atoms with Crippen LogP contribution in [0.2, 0.25) is 0 Å². The maximum atomic E-state index is 11.0. The lowest BCUT2D eigenvalue weighted by atomic mass is 10.1. The molecule has 0 fully saturated rings. The van der Waals surface area contributed by atoms with Crippen molar-refractivity contribution in [3.63, 3.8) is 0 Å². The van der Waals surface area contributed by atoms with E-state index in [1.165, 1.54) is 12.1 Å². The third-order valence-corrected chi connectivity index (χ3v) is 2.56. The van der Waals surface area contributed by atoms with E-state index in [1.54, 1.807) is 6.07 Å². The summed E-state index contributed by atoms with van der Waals surface area (Å²) in [4.78, 5) is 11.0. The average Bonchev–Trinajstić information content (AvgIpc) is 2.57. The van der Waals surface area contributed by atoms with E-state index >= 15 is 0 Å². The number of esters is 1. The number of allylic oxidation sites excluding steroid dienone is 1. The van der Waals surface area contributed by atoms with Crippen LogP contribution < -0.4 is 4.74 Å². The smallest absolute Gasteiger partial charge is 0.335 e. The molecule has 0 atom stereocenters. The molecule has 0 spiro atoms. The summed E-state index contributed by atoms with van der Waals surface area (Å²) in [5, 5.41) is 18.0. The first-order valence-electron chi connectivity index (χ1n) is 6.72. The molecule has 4 heteroatoms. The highest BCUT2D eigenvalue weighted by atomic mass is 16.5. The maximum Gasteiger partial charge on any atom is 0.335 e. The molecule has 0 unspecified atom stereocenters. The molecule has 0 amide bonds. The molecule has 0 saturated carbocycles. The molecule has 0 heterocycles. The van der Waals surface area contributed by atoms with Gasteiger partial charge in [0.1, 0.15) is 11.8 Å². The molecule has 0 saturated heterocycles. The Hall–Kier alpha value is -3.32. The quantitative estimate of drug-likeness (QED) is 0.404. The van der Waals surface area contributed by atoms with E-state index in [9.17, 15) is 4.79 Å². The number of benzene rings is 2. The van der Waals surface area contributed by atoms with Gasteiger partial charge in [-0.25, -0.2) is 4.79 Å². The zero-order valence-electron chi connectivity index (χ0n) is 12.5. The lowest BCUT2D eigenvalue weighted by molar-refractivity contribution is -0.128. The molecule has 23 heavy (non-hydrogen) atoms. The monoisotopic (exact) mass is 306 g/mol. The molecule has 0 aliphatic rings. The predicted molar refractivity (Wildman–Crippen MR) is 87.7 cm³/mol. The highest BCUT2D eigenvalue weighted by Gasteiger charge is 2.08. The van der Waals surface area contributed by atoms with Gasteiger partial charge in [0.15, 0.2) is 0 Å². The van der Waals surface area contributed by atoms with Crippen molar-refractivity contribution in [1.29, 1.82) is 5.26 Å². The van der Waals surface area contributed by atoms with Gasteiger partial charge in [-0.2, -0.15) is 5.26 Å². The second kappa shape index (κ2) is 9.59. The van der Waals surface area contributed by atoms with Crippen LogP contribution in [0.3, 0.4) is 0 Å². The third kappa shape index (κ3) is 6.78. The highest BCUT2D eigenvalue weighted by molar-refractivity contribution is 5.83. The first-order chi connectivity index (χ1) is 11.1. The van der Waals surface area contributed by atoms with E-state index in [1.807, 2.05) is 36.4 Å². The van der Waals surface area contributed by atoms with Crippen LogP contribution in [0.15, 0.2) is 73.5 Å². The summed E-state index contributed by atoms with van der Waals surface area (Å²) in [7, 11) is 0. The van der Waals surface area contributed by atoms with Gasteiger partial charge >= 0.3 is 5.97 Å². The SMILES string of the molecule is C=CC(=O)Oc1ccc(CC(=C)O)cc1C#N.[c]1ccccc1. The molecule has 1 N–H and O–H groups in total. The highest BCUT2D eigenvalue weighted by Crippen LogP contribution is 2.20. The summed E-state index contributed by atoms with van der Waals surface area (Å²) in [5.74, 6) is -0.449. The van der Waals surface area contributed by atoms with Crippen molar-refractivity contribution in [2.24, 2.45) is 0 Å². The van der Waals surface area contributed by atoms with Crippen LogP contribution in [0.1, 0.15) is 11.1 Å². The van der Waals surface area contributed by atoms with Crippen molar-refractivity contribution in [3.8, 4) is 11.8 Å². The van der Waals surface area contributed by atoms with Crippen LogP contribution >= 0.6 is 0 Å². The Morgan fingerprint density at radius 3 is 2.48 bits per heavy atom. The van der Waals surface area contributed by atoms with Gasteiger partial charge in [0.05, 0.1) is 11.3 Å². The fourth-order valence-electron chi connectivity index (χ4n) is 1.59. The second-order valence-electron chi connectivity index (χ2n) is 4.39. The summed E-state index contributed by atoms with van der Waals surface area (Å²) in [6.45, 7) is 6.63. The van der Waals surface area contributed by atoms with Gasteiger partial charge in [0, 0.05) is 12.5 Å². The molecule has 2 aromatic rings. The number of hydrogen-bond acceptors (Lipinski definition) is 4. The zero-order chi connectivity index (χ0) is 17.1. The normalized spacial score (nSPS) is 8.83. The van der Waals surface area contributed by atoms with E-state index in [-0.39, 0.29) is 23.5 Å². The molecule has 2 aromatic carbocycles. The molecule has 2 rings (SSSR count). The molecule has 4 nitrogen and oxygen atoms in total. The Morgan fingerprint density at radius 2 is 2.04 bits per heavy atom. The van der Waals surface area contributed by atoms with Gasteiger partial charge in [0.2, 0.25) is 0 Å². The number of hydrogen-bond donors (Lipinski definition) is 1. The van der Waals surface area contributed by atoms with Gasteiger partial charge in [-0.3, -0.25) is 0 Å². The third-order valence-electron chi connectivity index (χ3n) is 2.56. The van der Waals surface area contributed by atoms with Crippen LogP contribution in [0, 0.1) is 17.4 Å². The van der Waals surface area contributed by atoms with Gasteiger partial charge in [-0.15, -0.1) is 0 Å². The van der Waals surface area contributed by atoms with Crippen molar-refractivity contribution in [2.45, 2.75) is 6.42 Å². The Labute approximate surface area is 135 Å². The standard InChI is InChI=1S/C13H11NO3.C6H5/c1-3-13(16)17-12-5-4-10(6-9(2)15)7-11(12)8-14;1-2-4-6-5-3-1/h3-5,7,15H,1-2,6H2;1-5H. The van der Waals surface area contributed by atoms with E-state index < -0.39 is 5.97 Å². The number of carbonyl (C=O) groups is 1. The van der Waals surface area contributed by atoms with E-state index in [2.05, 4.69) is 19.2 Å². The van der Waals surface area contributed by atoms with Crippen LogP contribution in [-0.2, 0) is 11.2 Å². The summed E-state index contributed by atoms with van der Waals surface area (Å²) in [6, 6.07) is 19.1. The number of aliphatic hydroxyl groups excluding tert-OH is 1. The van der Waals surface area contributed by atoms with Crippen molar-refractivity contribution in [3.05, 3.63) is 90.7 Å². The number of carbonyl (C=O) groups excluding carboxylic acids is 1. The Balaban J connectivity index is 0.000000366. The van der Waals surface area contributed by atoms with Crippen molar-refractivity contribution in [1.82, 2.24) is 0 Å². The van der Waals surface area contributed by atoms with Crippen molar-refractivity contribution < 1.29 is 14.6 Å². The summed E-state index contributed by atoms with van der Waals surface area (Å²) < 4.78 is 4.88. The minimum Gasteiger partial charge on any atom is -0.513 e. The van der Waals surface area contributed by atoms with E-state index in [0.29, 0.717) is 5.56 Å². The average molecular weight is 306 g/mol. The molecule has 0 aliphatic carbocycles. The lowest BCUT2D eigenvalue weighted by Gasteiger charge is -2.06. The first-order valence-corrected chi connectivity index (χ1v) is 6.72. The van der Waals surface area contributed by atoms with Gasteiger partial charge in [-0.1, -0.05) is 49.6 Å².